The van der Waals surface area contributed by atoms with Gasteiger partial charge in [-0.2, -0.15) is 0 Å². The summed E-state index contributed by atoms with van der Waals surface area (Å²) >= 11 is 0. The Labute approximate surface area is 150 Å². The van der Waals surface area contributed by atoms with Gasteiger partial charge in [0, 0.05) is 13.0 Å². The number of fused-ring (bicyclic) bond motifs is 2. The minimum atomic E-state index is -0.552. The molecule has 2 aliphatic carbocycles. The minimum absolute atomic E-state index is 0.132. The number of hydrogen-bond donors (Lipinski definition) is 0. The van der Waals surface area contributed by atoms with Crippen molar-refractivity contribution in [2.45, 2.75) is 78.0 Å². The van der Waals surface area contributed by atoms with Gasteiger partial charge in [-0.3, -0.25) is 9.69 Å². The summed E-state index contributed by atoms with van der Waals surface area (Å²) in [5.74, 6) is 0.659. The van der Waals surface area contributed by atoms with E-state index >= 15 is 0 Å². The molecule has 1 aliphatic heterocycles. The minimum Gasteiger partial charge on any atom is -0.444 e. The van der Waals surface area contributed by atoms with E-state index in [9.17, 15) is 9.59 Å². The van der Waals surface area contributed by atoms with Crippen LogP contribution in [0.3, 0.4) is 0 Å². The first-order valence-electron chi connectivity index (χ1n) is 9.64. The molecule has 1 amide bonds. The summed E-state index contributed by atoms with van der Waals surface area (Å²) in [6, 6.07) is 0. The molecule has 0 aromatic rings. The van der Waals surface area contributed by atoms with Crippen LogP contribution in [-0.4, -0.2) is 35.3 Å². The first-order valence-corrected chi connectivity index (χ1v) is 9.64. The SMILES string of the molecule is CCC1(C(=O)OC2CCCCN2C(=O)OC(C)(C)C)CC2C=CC1C2. The van der Waals surface area contributed by atoms with Crippen LogP contribution in [0.25, 0.3) is 0 Å². The maximum atomic E-state index is 13.1. The third-order valence-corrected chi connectivity index (χ3v) is 5.86. The molecule has 0 N–H and O–H groups in total. The molecule has 0 spiro atoms. The molecule has 2 bridgehead atoms. The van der Waals surface area contributed by atoms with Crippen LogP contribution >= 0.6 is 0 Å². The first-order chi connectivity index (χ1) is 11.7. The van der Waals surface area contributed by atoms with Crippen molar-refractivity contribution in [2.24, 2.45) is 17.3 Å². The van der Waals surface area contributed by atoms with Gasteiger partial charge in [0.05, 0.1) is 5.41 Å². The molecule has 1 saturated heterocycles. The molecule has 3 aliphatic rings. The lowest BCUT2D eigenvalue weighted by atomic mass is 9.73. The monoisotopic (exact) mass is 349 g/mol. The molecule has 0 aromatic heterocycles. The lowest BCUT2D eigenvalue weighted by Crippen LogP contribution is -2.50. The molecule has 0 radical (unpaired) electrons. The molecule has 5 heteroatoms. The number of likely N-dealkylation sites (tertiary alicyclic amines) is 1. The number of carbonyl (C=O) groups is 2. The van der Waals surface area contributed by atoms with Crippen LogP contribution in [0, 0.1) is 17.3 Å². The van der Waals surface area contributed by atoms with Crippen molar-refractivity contribution in [3.05, 3.63) is 12.2 Å². The maximum Gasteiger partial charge on any atom is 0.413 e. The van der Waals surface area contributed by atoms with Gasteiger partial charge in [0.1, 0.15) is 5.60 Å². The second-order valence-electron chi connectivity index (χ2n) is 8.73. The quantitative estimate of drug-likeness (QED) is 0.564. The second kappa shape index (κ2) is 6.65. The van der Waals surface area contributed by atoms with E-state index in [1.165, 1.54) is 0 Å². The van der Waals surface area contributed by atoms with Crippen molar-refractivity contribution in [3.8, 4) is 0 Å². The zero-order valence-corrected chi connectivity index (χ0v) is 15.9. The van der Waals surface area contributed by atoms with E-state index in [0.29, 0.717) is 18.9 Å². The van der Waals surface area contributed by atoms with E-state index in [1.54, 1.807) is 4.90 Å². The molecule has 140 valence electrons. The fourth-order valence-electron chi connectivity index (χ4n) is 4.53. The topological polar surface area (TPSA) is 55.8 Å². The number of rotatable bonds is 3. The Balaban J connectivity index is 1.70. The van der Waals surface area contributed by atoms with Crippen molar-refractivity contribution in [1.29, 1.82) is 0 Å². The van der Waals surface area contributed by atoms with Gasteiger partial charge in [-0.1, -0.05) is 19.1 Å². The van der Waals surface area contributed by atoms with Gasteiger partial charge in [-0.15, -0.1) is 0 Å². The average molecular weight is 349 g/mol. The van der Waals surface area contributed by atoms with Crippen LogP contribution in [0.4, 0.5) is 4.79 Å². The van der Waals surface area contributed by atoms with Crippen molar-refractivity contribution in [3.63, 3.8) is 0 Å². The molecule has 25 heavy (non-hydrogen) atoms. The highest BCUT2D eigenvalue weighted by molar-refractivity contribution is 5.79. The van der Waals surface area contributed by atoms with Gasteiger partial charge in [0.25, 0.3) is 0 Å². The van der Waals surface area contributed by atoms with Crippen molar-refractivity contribution >= 4 is 12.1 Å². The molecule has 1 heterocycles. The summed E-state index contributed by atoms with van der Waals surface area (Å²) in [7, 11) is 0. The number of esters is 1. The highest BCUT2D eigenvalue weighted by atomic mass is 16.6. The molecule has 0 aromatic carbocycles. The molecule has 4 unspecified atom stereocenters. The molecule has 4 atom stereocenters. The van der Waals surface area contributed by atoms with E-state index in [1.807, 2.05) is 20.8 Å². The van der Waals surface area contributed by atoms with E-state index in [2.05, 4.69) is 19.1 Å². The summed E-state index contributed by atoms with van der Waals surface area (Å²) in [5, 5.41) is 0. The average Bonchev–Trinajstić information content (AvgIpc) is 3.15. The third-order valence-electron chi connectivity index (χ3n) is 5.86. The van der Waals surface area contributed by atoms with Crippen LogP contribution in [0.15, 0.2) is 12.2 Å². The Hall–Kier alpha value is -1.52. The number of amides is 1. The standard InChI is InChI=1S/C20H31NO4/c1-5-20(13-14-9-10-15(20)12-14)17(22)24-16-8-6-7-11-21(16)18(23)25-19(2,3)4/h9-10,14-16H,5-8,11-13H2,1-4H3. The van der Waals surface area contributed by atoms with E-state index < -0.39 is 17.2 Å². The largest absolute Gasteiger partial charge is 0.444 e. The van der Waals surface area contributed by atoms with Crippen LogP contribution in [-0.2, 0) is 14.3 Å². The molecule has 5 nitrogen and oxygen atoms in total. The highest BCUT2D eigenvalue weighted by Crippen LogP contribution is 2.54. The summed E-state index contributed by atoms with van der Waals surface area (Å²) < 4.78 is 11.4. The Bertz CT molecular complexity index is 565. The van der Waals surface area contributed by atoms with Gasteiger partial charge in [0.2, 0.25) is 0 Å². The van der Waals surface area contributed by atoms with Crippen LogP contribution in [0.1, 0.15) is 66.2 Å². The van der Waals surface area contributed by atoms with E-state index in [0.717, 1.165) is 32.1 Å². The third kappa shape index (κ3) is 3.56. The summed E-state index contributed by atoms with van der Waals surface area (Å²) in [6.07, 6.45) is 8.83. The highest BCUT2D eigenvalue weighted by Gasteiger charge is 2.54. The van der Waals surface area contributed by atoms with Gasteiger partial charge >= 0.3 is 12.1 Å². The van der Waals surface area contributed by atoms with Crippen molar-refractivity contribution < 1.29 is 19.1 Å². The zero-order valence-electron chi connectivity index (χ0n) is 15.9. The molecule has 3 rings (SSSR count). The van der Waals surface area contributed by atoms with Gasteiger partial charge in [-0.05, 0) is 64.7 Å². The van der Waals surface area contributed by atoms with Gasteiger partial charge in [0.15, 0.2) is 6.23 Å². The number of ether oxygens (including phenoxy) is 2. The van der Waals surface area contributed by atoms with E-state index in [4.69, 9.17) is 9.47 Å². The van der Waals surface area contributed by atoms with Gasteiger partial charge in [-0.25, -0.2) is 4.79 Å². The van der Waals surface area contributed by atoms with Crippen LogP contribution < -0.4 is 0 Å². The lowest BCUT2D eigenvalue weighted by molar-refractivity contribution is -0.175. The molecule has 1 saturated carbocycles. The Morgan fingerprint density at radius 1 is 1.24 bits per heavy atom. The summed E-state index contributed by atoms with van der Waals surface area (Å²) in [4.78, 5) is 27.2. The normalized spacial score (nSPS) is 34.2. The molecular formula is C20H31NO4. The van der Waals surface area contributed by atoms with Gasteiger partial charge < -0.3 is 9.47 Å². The van der Waals surface area contributed by atoms with E-state index in [-0.39, 0.29) is 18.0 Å². The fraction of sp³-hybridized carbons (Fsp3) is 0.800. The smallest absolute Gasteiger partial charge is 0.413 e. The Morgan fingerprint density at radius 2 is 2.00 bits per heavy atom. The second-order valence-corrected chi connectivity index (χ2v) is 8.73. The van der Waals surface area contributed by atoms with Crippen molar-refractivity contribution in [1.82, 2.24) is 4.90 Å². The predicted molar refractivity (Wildman–Crippen MR) is 94.7 cm³/mol. The summed E-state index contributed by atoms with van der Waals surface area (Å²) in [5.41, 5.74) is -0.959. The lowest BCUT2D eigenvalue weighted by Gasteiger charge is -2.39. The zero-order chi connectivity index (χ0) is 18.2. The number of hydrogen-bond acceptors (Lipinski definition) is 4. The Kier molecular flexibility index (Phi) is 4.86. The summed E-state index contributed by atoms with van der Waals surface area (Å²) in [6.45, 7) is 8.21. The maximum absolute atomic E-state index is 13.1. The fourth-order valence-corrected chi connectivity index (χ4v) is 4.53. The van der Waals surface area contributed by atoms with Crippen LogP contribution in [0.2, 0.25) is 0 Å². The number of carbonyl (C=O) groups excluding carboxylic acids is 2. The first kappa shape index (κ1) is 18.3. The van der Waals surface area contributed by atoms with Crippen molar-refractivity contribution in [2.75, 3.05) is 6.54 Å². The predicted octanol–water partition coefficient (Wildman–Crippen LogP) is 4.27. The number of nitrogens with zero attached hydrogens (tertiary/aromatic N) is 1. The molecule has 2 fully saturated rings. The Morgan fingerprint density at radius 3 is 2.56 bits per heavy atom. The van der Waals surface area contributed by atoms with Crippen LogP contribution in [0.5, 0.6) is 0 Å². The number of piperidine rings is 1. The molecular weight excluding hydrogens is 318 g/mol. The number of allylic oxidation sites excluding steroid dienone is 2.